The maximum Gasteiger partial charge on any atom is 0.331 e. The Labute approximate surface area is 139 Å². The van der Waals surface area contributed by atoms with Crippen molar-refractivity contribution in [3.8, 4) is 0 Å². The molecule has 0 atom stereocenters. The van der Waals surface area contributed by atoms with E-state index < -0.39 is 5.97 Å². The summed E-state index contributed by atoms with van der Waals surface area (Å²) in [5.74, 6) is -0.887. The molecule has 1 amide bonds. The number of hydrogen-bond donors (Lipinski definition) is 1. The Kier molecular flexibility index (Phi) is 6.28. The summed E-state index contributed by atoms with van der Waals surface area (Å²) in [5, 5.41) is 3.72. The van der Waals surface area contributed by atoms with Gasteiger partial charge in [-0.1, -0.05) is 42.1 Å². The number of esters is 1. The topological polar surface area (TPSA) is 55.4 Å². The van der Waals surface area contributed by atoms with E-state index in [0.29, 0.717) is 15.6 Å². The molecule has 0 radical (unpaired) electrons. The van der Waals surface area contributed by atoms with Crippen molar-refractivity contribution in [2.24, 2.45) is 0 Å². The zero-order valence-corrected chi connectivity index (χ0v) is 13.5. The quantitative estimate of drug-likeness (QED) is 0.657. The molecule has 1 aliphatic rings. The highest BCUT2D eigenvalue weighted by Crippen LogP contribution is 2.25. The summed E-state index contributed by atoms with van der Waals surface area (Å²) in [6, 6.07) is 5.28. The minimum Gasteiger partial charge on any atom is -0.452 e. The van der Waals surface area contributed by atoms with Crippen LogP contribution in [0.5, 0.6) is 0 Å². The third-order valence-electron chi connectivity index (χ3n) is 3.45. The molecule has 1 aromatic carbocycles. The third kappa shape index (κ3) is 5.04. The summed E-state index contributed by atoms with van der Waals surface area (Å²) in [4.78, 5) is 23.2. The maximum absolute atomic E-state index is 11.6. The highest BCUT2D eigenvalue weighted by atomic mass is 35.5. The number of halogens is 2. The summed E-state index contributed by atoms with van der Waals surface area (Å²) in [6.45, 7) is -0.282. The number of benzene rings is 1. The molecule has 0 spiro atoms. The van der Waals surface area contributed by atoms with Gasteiger partial charge in [0, 0.05) is 27.7 Å². The van der Waals surface area contributed by atoms with Gasteiger partial charge in [-0.3, -0.25) is 4.79 Å². The van der Waals surface area contributed by atoms with Gasteiger partial charge in [-0.2, -0.15) is 0 Å². The average molecular weight is 342 g/mol. The molecular formula is C16H17Cl2NO3. The minimum absolute atomic E-state index is 0.212. The first-order chi connectivity index (χ1) is 10.6. The standard InChI is InChI=1S/C16H17Cl2NO3/c17-13-6-3-7-14(18)12(13)8-9-16(21)22-10-15(20)19-11-4-1-2-5-11/h3,6-9,11H,1-2,4-5,10H2,(H,19,20)/b9-8+. The lowest BCUT2D eigenvalue weighted by molar-refractivity contribution is -0.144. The minimum atomic E-state index is -0.613. The van der Waals surface area contributed by atoms with Crippen LogP contribution in [0.15, 0.2) is 24.3 Å². The smallest absolute Gasteiger partial charge is 0.331 e. The van der Waals surface area contributed by atoms with Crippen LogP contribution in [0.1, 0.15) is 31.2 Å². The molecule has 6 heteroatoms. The number of nitrogens with one attached hydrogen (secondary N) is 1. The zero-order valence-electron chi connectivity index (χ0n) is 12.0. The van der Waals surface area contributed by atoms with Gasteiger partial charge in [0.25, 0.3) is 5.91 Å². The SMILES string of the molecule is O=C(COC(=O)/C=C/c1c(Cl)cccc1Cl)NC1CCCC1. The molecule has 0 heterocycles. The molecule has 1 saturated carbocycles. The molecule has 2 rings (SSSR count). The summed E-state index contributed by atoms with van der Waals surface area (Å²) in [7, 11) is 0. The first-order valence-corrected chi connectivity index (χ1v) is 7.90. The number of amides is 1. The first kappa shape index (κ1) is 16.8. The predicted octanol–water partition coefficient (Wildman–Crippen LogP) is 3.61. The van der Waals surface area contributed by atoms with Crippen molar-refractivity contribution in [1.82, 2.24) is 5.32 Å². The number of rotatable bonds is 5. The highest BCUT2D eigenvalue weighted by Gasteiger charge is 2.17. The fourth-order valence-corrected chi connectivity index (χ4v) is 2.87. The van der Waals surface area contributed by atoms with E-state index in [1.807, 2.05) is 0 Å². The van der Waals surface area contributed by atoms with Crippen LogP contribution < -0.4 is 5.32 Å². The van der Waals surface area contributed by atoms with E-state index >= 15 is 0 Å². The molecule has 1 fully saturated rings. The normalized spacial score (nSPS) is 15.2. The van der Waals surface area contributed by atoms with Gasteiger partial charge in [0.05, 0.1) is 0 Å². The maximum atomic E-state index is 11.6. The van der Waals surface area contributed by atoms with Crippen LogP contribution in [0.25, 0.3) is 6.08 Å². The highest BCUT2D eigenvalue weighted by molar-refractivity contribution is 6.37. The number of carbonyl (C=O) groups excluding carboxylic acids is 2. The second kappa shape index (κ2) is 8.20. The molecule has 22 heavy (non-hydrogen) atoms. The van der Waals surface area contributed by atoms with E-state index in [1.165, 1.54) is 12.2 Å². The largest absolute Gasteiger partial charge is 0.452 e. The second-order valence-corrected chi connectivity index (χ2v) is 5.94. The Bertz CT molecular complexity index is 561. The van der Waals surface area contributed by atoms with Crippen molar-refractivity contribution >= 4 is 41.2 Å². The monoisotopic (exact) mass is 341 g/mol. The lowest BCUT2D eigenvalue weighted by Gasteiger charge is -2.11. The van der Waals surface area contributed by atoms with Crippen molar-refractivity contribution in [1.29, 1.82) is 0 Å². The average Bonchev–Trinajstić information content (AvgIpc) is 2.97. The zero-order chi connectivity index (χ0) is 15.9. The van der Waals surface area contributed by atoms with Crippen molar-refractivity contribution in [3.63, 3.8) is 0 Å². The Morgan fingerprint density at radius 2 is 1.86 bits per heavy atom. The van der Waals surface area contributed by atoms with E-state index in [2.05, 4.69) is 5.32 Å². The lowest BCUT2D eigenvalue weighted by atomic mass is 10.2. The second-order valence-electron chi connectivity index (χ2n) is 5.13. The van der Waals surface area contributed by atoms with Crippen LogP contribution in [-0.4, -0.2) is 24.5 Å². The molecule has 1 N–H and O–H groups in total. The molecule has 0 bridgehead atoms. The summed E-state index contributed by atoms with van der Waals surface area (Å²) >= 11 is 12.0. The van der Waals surface area contributed by atoms with E-state index in [9.17, 15) is 9.59 Å². The van der Waals surface area contributed by atoms with Crippen molar-refractivity contribution in [3.05, 3.63) is 39.9 Å². The number of hydrogen-bond acceptors (Lipinski definition) is 3. The Balaban J connectivity index is 1.80. The van der Waals surface area contributed by atoms with E-state index in [4.69, 9.17) is 27.9 Å². The van der Waals surface area contributed by atoms with Gasteiger partial charge in [0.1, 0.15) is 0 Å². The van der Waals surface area contributed by atoms with Crippen LogP contribution in [0.4, 0.5) is 0 Å². The lowest BCUT2D eigenvalue weighted by Crippen LogP contribution is -2.35. The fraction of sp³-hybridized carbons (Fsp3) is 0.375. The van der Waals surface area contributed by atoms with Gasteiger partial charge >= 0.3 is 5.97 Å². The van der Waals surface area contributed by atoms with Crippen LogP contribution >= 0.6 is 23.2 Å². The van der Waals surface area contributed by atoms with Crippen LogP contribution in [0.2, 0.25) is 10.0 Å². The molecule has 0 saturated heterocycles. The Morgan fingerprint density at radius 1 is 1.23 bits per heavy atom. The van der Waals surface area contributed by atoms with Gasteiger partial charge in [0.2, 0.25) is 0 Å². The van der Waals surface area contributed by atoms with E-state index in [1.54, 1.807) is 18.2 Å². The van der Waals surface area contributed by atoms with Crippen molar-refractivity contribution < 1.29 is 14.3 Å². The number of carbonyl (C=O) groups is 2. The number of ether oxygens (including phenoxy) is 1. The van der Waals surface area contributed by atoms with Gasteiger partial charge in [-0.25, -0.2) is 4.79 Å². The molecule has 118 valence electrons. The van der Waals surface area contributed by atoms with Crippen LogP contribution in [0, 0.1) is 0 Å². The van der Waals surface area contributed by atoms with Gasteiger partial charge in [0.15, 0.2) is 6.61 Å². The summed E-state index contributed by atoms with van der Waals surface area (Å²) in [5.41, 5.74) is 0.540. The van der Waals surface area contributed by atoms with Crippen molar-refractivity contribution in [2.45, 2.75) is 31.7 Å². The molecule has 0 aromatic heterocycles. The summed E-state index contributed by atoms with van der Waals surface area (Å²) in [6.07, 6.45) is 6.92. The summed E-state index contributed by atoms with van der Waals surface area (Å²) < 4.78 is 4.89. The first-order valence-electron chi connectivity index (χ1n) is 7.14. The fourth-order valence-electron chi connectivity index (χ4n) is 2.35. The molecule has 4 nitrogen and oxygen atoms in total. The Hall–Kier alpha value is -1.52. The molecule has 1 aromatic rings. The molecular weight excluding hydrogens is 325 g/mol. The van der Waals surface area contributed by atoms with E-state index in [0.717, 1.165) is 25.7 Å². The van der Waals surface area contributed by atoms with E-state index in [-0.39, 0.29) is 18.6 Å². The molecule has 1 aliphatic carbocycles. The van der Waals surface area contributed by atoms with Crippen LogP contribution in [0.3, 0.4) is 0 Å². The predicted molar refractivity (Wildman–Crippen MR) is 86.9 cm³/mol. The van der Waals surface area contributed by atoms with Gasteiger partial charge < -0.3 is 10.1 Å². The van der Waals surface area contributed by atoms with Gasteiger partial charge in [-0.15, -0.1) is 0 Å². The Morgan fingerprint density at radius 3 is 2.50 bits per heavy atom. The van der Waals surface area contributed by atoms with Crippen molar-refractivity contribution in [2.75, 3.05) is 6.61 Å². The van der Waals surface area contributed by atoms with Crippen LogP contribution in [-0.2, 0) is 14.3 Å². The van der Waals surface area contributed by atoms with Gasteiger partial charge in [-0.05, 0) is 31.1 Å². The molecule has 0 aliphatic heterocycles. The molecule has 0 unspecified atom stereocenters. The third-order valence-corrected chi connectivity index (χ3v) is 4.11.